The van der Waals surface area contributed by atoms with Gasteiger partial charge >= 0.3 is 5.97 Å². The van der Waals surface area contributed by atoms with E-state index in [4.69, 9.17) is 5.11 Å². The molecule has 4 saturated carbocycles. The summed E-state index contributed by atoms with van der Waals surface area (Å²) in [5, 5.41) is 12.3. The molecule has 0 aromatic heterocycles. The van der Waals surface area contributed by atoms with Crippen molar-refractivity contribution >= 4 is 5.97 Å². The zero-order valence-electron chi connectivity index (χ0n) is 10.9. The third-order valence-corrected chi connectivity index (χ3v) is 5.24. The molecule has 96 valence electrons. The highest BCUT2D eigenvalue weighted by Crippen LogP contribution is 2.66. The third-order valence-electron chi connectivity index (χ3n) is 5.24. The van der Waals surface area contributed by atoms with Gasteiger partial charge in [-0.15, -0.1) is 0 Å². The van der Waals surface area contributed by atoms with Gasteiger partial charge < -0.3 is 10.4 Å². The van der Waals surface area contributed by atoms with E-state index in [1.54, 1.807) is 0 Å². The van der Waals surface area contributed by atoms with E-state index in [0.717, 1.165) is 5.92 Å². The first kappa shape index (κ1) is 11.5. The van der Waals surface area contributed by atoms with Crippen LogP contribution >= 0.6 is 0 Å². The lowest BCUT2D eigenvalue weighted by Crippen LogP contribution is -2.64. The van der Waals surface area contributed by atoms with Crippen LogP contribution in [0.3, 0.4) is 0 Å². The molecule has 4 rings (SSSR count). The van der Waals surface area contributed by atoms with Gasteiger partial charge in [-0.2, -0.15) is 0 Å². The van der Waals surface area contributed by atoms with Crippen molar-refractivity contribution in [1.29, 1.82) is 0 Å². The Labute approximate surface area is 103 Å². The second-order valence-electron chi connectivity index (χ2n) is 7.66. The summed E-state index contributed by atoms with van der Waals surface area (Å²) in [5.41, 5.74) is 1.04. The number of carboxylic acids is 1. The first-order valence-corrected chi connectivity index (χ1v) is 6.79. The fourth-order valence-corrected chi connectivity index (χ4v) is 5.91. The Kier molecular flexibility index (Phi) is 2.20. The Morgan fingerprint density at radius 1 is 1.18 bits per heavy atom. The predicted octanol–water partition coefficient (Wildman–Crippen LogP) is 2.41. The van der Waals surface area contributed by atoms with Gasteiger partial charge in [0.05, 0.1) is 6.54 Å². The third kappa shape index (κ3) is 1.88. The molecule has 0 aromatic rings. The van der Waals surface area contributed by atoms with Crippen LogP contribution in [0, 0.1) is 16.7 Å². The Bertz CT molecular complexity index is 347. The first-order valence-electron chi connectivity index (χ1n) is 6.79. The fourth-order valence-electron chi connectivity index (χ4n) is 5.91. The summed E-state index contributed by atoms with van der Waals surface area (Å²) >= 11 is 0. The minimum absolute atomic E-state index is 0.124. The van der Waals surface area contributed by atoms with Gasteiger partial charge in [0, 0.05) is 5.54 Å². The quantitative estimate of drug-likeness (QED) is 0.792. The van der Waals surface area contributed by atoms with E-state index in [0.29, 0.717) is 10.8 Å². The van der Waals surface area contributed by atoms with Crippen LogP contribution in [0.25, 0.3) is 0 Å². The lowest BCUT2D eigenvalue weighted by Gasteiger charge is -2.65. The molecule has 0 spiro atoms. The van der Waals surface area contributed by atoms with Crippen molar-refractivity contribution in [1.82, 2.24) is 5.32 Å². The molecule has 4 aliphatic carbocycles. The summed E-state index contributed by atoms with van der Waals surface area (Å²) in [5.74, 6) is 0.0959. The van der Waals surface area contributed by atoms with Crippen LogP contribution in [0.2, 0.25) is 0 Å². The largest absolute Gasteiger partial charge is 0.480 e. The molecule has 4 aliphatic rings. The van der Waals surface area contributed by atoms with Crippen molar-refractivity contribution in [3.8, 4) is 0 Å². The van der Waals surface area contributed by atoms with Gasteiger partial charge in [-0.05, 0) is 55.3 Å². The maximum atomic E-state index is 10.8. The highest BCUT2D eigenvalue weighted by atomic mass is 16.4. The Morgan fingerprint density at radius 3 is 2.24 bits per heavy atom. The van der Waals surface area contributed by atoms with Gasteiger partial charge in [0.2, 0.25) is 0 Å². The van der Waals surface area contributed by atoms with Crippen molar-refractivity contribution in [2.45, 2.75) is 57.9 Å². The number of hydrogen-bond donors (Lipinski definition) is 2. The van der Waals surface area contributed by atoms with E-state index in [9.17, 15) is 4.79 Å². The molecule has 17 heavy (non-hydrogen) atoms. The standard InChI is InChI=1S/C14H23NO2/c1-12-3-10-4-13(2,7-12)9-14(5-10,8-12)15-6-11(16)17/h10,15H,3-9H2,1-2H3,(H,16,17)/t10?,12-,13?,14?/m0/s1. The van der Waals surface area contributed by atoms with Gasteiger partial charge in [-0.1, -0.05) is 13.8 Å². The summed E-state index contributed by atoms with van der Waals surface area (Å²) < 4.78 is 0. The minimum Gasteiger partial charge on any atom is -0.480 e. The second kappa shape index (κ2) is 3.25. The summed E-state index contributed by atoms with van der Waals surface area (Å²) in [6.07, 6.45) is 7.62. The predicted molar refractivity (Wildman–Crippen MR) is 65.8 cm³/mol. The molecule has 3 heteroatoms. The number of nitrogens with one attached hydrogen (secondary N) is 1. The van der Waals surface area contributed by atoms with Gasteiger partial charge in [0.25, 0.3) is 0 Å². The molecule has 2 N–H and O–H groups in total. The van der Waals surface area contributed by atoms with Crippen LogP contribution in [0.4, 0.5) is 0 Å². The second-order valence-corrected chi connectivity index (χ2v) is 7.66. The molecule has 0 amide bonds. The van der Waals surface area contributed by atoms with Gasteiger partial charge in [0.1, 0.15) is 0 Å². The molecular weight excluding hydrogens is 214 g/mol. The number of hydrogen-bond acceptors (Lipinski definition) is 2. The Morgan fingerprint density at radius 2 is 1.76 bits per heavy atom. The summed E-state index contributed by atoms with van der Waals surface area (Å²) in [4.78, 5) is 10.8. The van der Waals surface area contributed by atoms with Gasteiger partial charge in [-0.25, -0.2) is 0 Å². The van der Waals surface area contributed by atoms with E-state index in [-0.39, 0.29) is 12.1 Å². The topological polar surface area (TPSA) is 49.3 Å². The molecule has 0 aliphatic heterocycles. The van der Waals surface area contributed by atoms with E-state index >= 15 is 0 Å². The smallest absolute Gasteiger partial charge is 0.317 e. The van der Waals surface area contributed by atoms with Crippen LogP contribution in [-0.2, 0) is 4.79 Å². The summed E-state index contributed by atoms with van der Waals surface area (Å²) in [6, 6.07) is 0. The maximum absolute atomic E-state index is 10.8. The fraction of sp³-hybridized carbons (Fsp3) is 0.929. The molecule has 0 aromatic carbocycles. The zero-order valence-corrected chi connectivity index (χ0v) is 10.9. The number of carbonyl (C=O) groups is 1. The van der Waals surface area contributed by atoms with Crippen molar-refractivity contribution in [2.75, 3.05) is 6.54 Å². The SMILES string of the molecule is CC12CC3CC(NCC(=O)O)(C1)C[C@@](C)(C3)C2. The van der Waals surface area contributed by atoms with Crippen LogP contribution in [0.5, 0.6) is 0 Å². The van der Waals surface area contributed by atoms with Crippen LogP contribution in [0.15, 0.2) is 0 Å². The van der Waals surface area contributed by atoms with E-state index in [1.807, 2.05) is 0 Å². The highest BCUT2D eigenvalue weighted by molar-refractivity contribution is 5.69. The maximum Gasteiger partial charge on any atom is 0.317 e. The van der Waals surface area contributed by atoms with E-state index < -0.39 is 5.97 Å². The lowest BCUT2D eigenvalue weighted by molar-refractivity contribution is -0.141. The minimum atomic E-state index is -0.726. The average Bonchev–Trinajstić information content (AvgIpc) is 2.08. The van der Waals surface area contributed by atoms with Crippen molar-refractivity contribution < 1.29 is 9.90 Å². The molecule has 3 unspecified atom stereocenters. The zero-order chi connectivity index (χ0) is 12.3. The van der Waals surface area contributed by atoms with Gasteiger partial charge in [-0.3, -0.25) is 4.79 Å². The Hall–Kier alpha value is -0.570. The first-order chi connectivity index (χ1) is 7.82. The van der Waals surface area contributed by atoms with Gasteiger partial charge in [0.15, 0.2) is 0 Å². The summed E-state index contributed by atoms with van der Waals surface area (Å²) in [7, 11) is 0. The number of rotatable bonds is 3. The molecule has 4 fully saturated rings. The molecule has 3 nitrogen and oxygen atoms in total. The molecule has 4 bridgehead atoms. The highest BCUT2D eigenvalue weighted by Gasteiger charge is 2.59. The molecule has 0 saturated heterocycles. The van der Waals surface area contributed by atoms with Crippen LogP contribution in [0.1, 0.15) is 52.4 Å². The monoisotopic (exact) mass is 237 g/mol. The average molecular weight is 237 g/mol. The molecule has 4 atom stereocenters. The van der Waals surface area contributed by atoms with Crippen molar-refractivity contribution in [3.63, 3.8) is 0 Å². The number of carboxylic acid groups (broad SMARTS) is 1. The normalized spacial score (nSPS) is 51.8. The number of aliphatic carboxylic acids is 1. The van der Waals surface area contributed by atoms with Crippen molar-refractivity contribution in [2.24, 2.45) is 16.7 Å². The van der Waals surface area contributed by atoms with Crippen LogP contribution < -0.4 is 5.32 Å². The summed E-state index contributed by atoms with van der Waals surface area (Å²) in [6.45, 7) is 4.94. The Balaban J connectivity index is 1.84. The molecule has 0 heterocycles. The van der Waals surface area contributed by atoms with Crippen molar-refractivity contribution in [3.05, 3.63) is 0 Å². The lowest BCUT2D eigenvalue weighted by atomic mass is 9.43. The van der Waals surface area contributed by atoms with Crippen LogP contribution in [-0.4, -0.2) is 23.2 Å². The van der Waals surface area contributed by atoms with E-state index in [2.05, 4.69) is 19.2 Å². The van der Waals surface area contributed by atoms with E-state index in [1.165, 1.54) is 38.5 Å². The molecular formula is C14H23NO2. The molecule has 0 radical (unpaired) electrons.